The summed E-state index contributed by atoms with van der Waals surface area (Å²) in [6, 6.07) is 39.3. The van der Waals surface area contributed by atoms with Crippen molar-refractivity contribution in [2.45, 2.75) is 52.4 Å². The zero-order valence-electron chi connectivity index (χ0n) is 26.9. The van der Waals surface area contributed by atoms with E-state index in [0.29, 0.717) is 11.5 Å². The van der Waals surface area contributed by atoms with Crippen LogP contribution in [0.3, 0.4) is 0 Å². The van der Waals surface area contributed by atoms with Crippen LogP contribution in [0, 0.1) is 12.1 Å². The molecule has 0 aliphatic carbocycles. The molecular formula is C42H34N2OPt. The molecule has 0 saturated carbocycles. The Morgan fingerprint density at radius 2 is 1.11 bits per heavy atom. The number of rotatable bonds is 2. The van der Waals surface area contributed by atoms with Crippen molar-refractivity contribution in [1.82, 2.24) is 9.97 Å². The first-order valence-corrected chi connectivity index (χ1v) is 15.6. The Bertz CT molecular complexity index is 2410. The van der Waals surface area contributed by atoms with Crippen molar-refractivity contribution in [2.75, 3.05) is 0 Å². The van der Waals surface area contributed by atoms with Crippen LogP contribution in [0.4, 0.5) is 0 Å². The van der Waals surface area contributed by atoms with Crippen LogP contribution >= 0.6 is 0 Å². The molecule has 2 heterocycles. The summed E-state index contributed by atoms with van der Waals surface area (Å²) in [6.07, 6.45) is 1.96. The van der Waals surface area contributed by atoms with Gasteiger partial charge in [0.2, 0.25) is 0 Å². The summed E-state index contributed by atoms with van der Waals surface area (Å²) < 4.78 is 6.77. The number of benzene rings is 6. The smallest absolute Gasteiger partial charge is 0.497 e. The van der Waals surface area contributed by atoms with Crippen molar-refractivity contribution in [3.63, 3.8) is 0 Å². The third-order valence-electron chi connectivity index (χ3n) is 8.91. The molecule has 8 aromatic rings. The third kappa shape index (κ3) is 5.02. The average molecular weight is 778 g/mol. The van der Waals surface area contributed by atoms with E-state index in [1.165, 1.54) is 16.5 Å². The number of para-hydroxylation sites is 1. The largest absolute Gasteiger partial charge is 2.00 e. The van der Waals surface area contributed by atoms with Gasteiger partial charge in [-0.3, -0.25) is 4.98 Å². The van der Waals surface area contributed by atoms with Gasteiger partial charge in [-0.15, -0.1) is 32.7 Å². The Kier molecular flexibility index (Phi) is 7.18. The van der Waals surface area contributed by atoms with E-state index in [0.717, 1.165) is 59.6 Å². The van der Waals surface area contributed by atoms with Gasteiger partial charge in [0.25, 0.3) is 0 Å². The van der Waals surface area contributed by atoms with E-state index in [-0.39, 0.29) is 31.9 Å². The summed E-state index contributed by atoms with van der Waals surface area (Å²) in [6.45, 7) is 13.4. The molecule has 228 valence electrons. The van der Waals surface area contributed by atoms with Crippen LogP contribution in [0.5, 0.6) is 11.5 Å². The maximum atomic E-state index is 6.77. The molecule has 0 fully saturated rings. The topological polar surface area (TPSA) is 35.0 Å². The van der Waals surface area contributed by atoms with Gasteiger partial charge in [-0.05, 0) is 54.9 Å². The van der Waals surface area contributed by atoms with Gasteiger partial charge in [-0.2, -0.15) is 0 Å². The molecule has 0 amide bonds. The number of hydrogen-bond acceptors (Lipinski definition) is 3. The van der Waals surface area contributed by atoms with Gasteiger partial charge in [0.05, 0.1) is 5.52 Å². The maximum Gasteiger partial charge on any atom is 2.00 e. The summed E-state index contributed by atoms with van der Waals surface area (Å²) in [4.78, 5) is 10.1. The quantitative estimate of drug-likeness (QED) is 0.0996. The Morgan fingerprint density at radius 3 is 1.78 bits per heavy atom. The van der Waals surface area contributed by atoms with Gasteiger partial charge < -0.3 is 9.72 Å². The van der Waals surface area contributed by atoms with E-state index in [1.54, 1.807) is 0 Å². The minimum Gasteiger partial charge on any atom is -0.497 e. The molecule has 46 heavy (non-hydrogen) atoms. The van der Waals surface area contributed by atoms with E-state index < -0.39 is 0 Å². The Hall–Kier alpha value is -4.33. The fourth-order valence-electron chi connectivity index (χ4n) is 6.68. The van der Waals surface area contributed by atoms with Gasteiger partial charge in [0.1, 0.15) is 0 Å². The number of aromatic nitrogens is 2. The van der Waals surface area contributed by atoms with Gasteiger partial charge in [0, 0.05) is 17.7 Å². The molecule has 0 aliphatic heterocycles. The van der Waals surface area contributed by atoms with Crippen molar-refractivity contribution in [1.29, 1.82) is 0 Å². The minimum atomic E-state index is -0.124. The van der Waals surface area contributed by atoms with E-state index >= 15 is 0 Å². The van der Waals surface area contributed by atoms with Crippen LogP contribution in [0.1, 0.15) is 52.7 Å². The summed E-state index contributed by atoms with van der Waals surface area (Å²) >= 11 is 0. The van der Waals surface area contributed by atoms with E-state index in [2.05, 4.69) is 139 Å². The van der Waals surface area contributed by atoms with Crippen LogP contribution in [-0.2, 0) is 31.9 Å². The predicted molar refractivity (Wildman–Crippen MR) is 189 cm³/mol. The molecule has 0 spiro atoms. The molecule has 0 aliphatic rings. The zero-order valence-corrected chi connectivity index (χ0v) is 29.1. The first kappa shape index (κ1) is 30.3. The summed E-state index contributed by atoms with van der Waals surface area (Å²) in [5.74, 6) is 1.31. The van der Waals surface area contributed by atoms with Gasteiger partial charge in [-0.25, -0.2) is 0 Å². The van der Waals surface area contributed by atoms with Crippen molar-refractivity contribution in [3.05, 3.63) is 120 Å². The molecule has 0 unspecified atom stereocenters. The third-order valence-corrected chi connectivity index (χ3v) is 8.91. The van der Waals surface area contributed by atoms with Crippen molar-refractivity contribution in [2.24, 2.45) is 0 Å². The number of pyridine rings is 2. The van der Waals surface area contributed by atoms with Crippen molar-refractivity contribution >= 4 is 65.0 Å². The fraction of sp³-hybridized carbons (Fsp3) is 0.190. The predicted octanol–water partition coefficient (Wildman–Crippen LogP) is 11.4. The van der Waals surface area contributed by atoms with Gasteiger partial charge in [-0.1, -0.05) is 139 Å². The molecule has 4 heteroatoms. The molecule has 2 aromatic heterocycles. The maximum absolute atomic E-state index is 6.77. The standard InChI is InChI=1S/C42H34N2O.Pt/c1-41(2,3)36-22-28(20-34-31(36)16-15-26-19-25-11-8-10-14-38(25)44-39(26)34)45-29-21-35-32(37(23-29)42(4,5)6)17-18-33-30-13-9-7-12-27(30)24-43-40(33)35;/h7-19,22-24H,1-6H3;/q-2;+2. The Labute approximate surface area is 283 Å². The van der Waals surface area contributed by atoms with Gasteiger partial charge >= 0.3 is 21.1 Å². The summed E-state index contributed by atoms with van der Waals surface area (Å²) in [5, 5.41) is 9.87. The number of hydrogen-bond donors (Lipinski definition) is 0. The van der Waals surface area contributed by atoms with Crippen LogP contribution in [0.25, 0.3) is 65.0 Å². The first-order valence-electron chi connectivity index (χ1n) is 15.6. The number of fused-ring (bicyclic) bond motifs is 9. The van der Waals surface area contributed by atoms with E-state index in [1.807, 2.05) is 12.3 Å². The molecule has 3 nitrogen and oxygen atoms in total. The normalized spacial score (nSPS) is 12.4. The van der Waals surface area contributed by atoms with E-state index in [4.69, 9.17) is 14.7 Å². The van der Waals surface area contributed by atoms with Crippen LogP contribution in [-0.4, -0.2) is 9.97 Å². The molecule has 8 rings (SSSR count). The van der Waals surface area contributed by atoms with Crippen LogP contribution < -0.4 is 4.74 Å². The average Bonchev–Trinajstić information content (AvgIpc) is 3.02. The molecular weight excluding hydrogens is 744 g/mol. The van der Waals surface area contributed by atoms with Gasteiger partial charge in [0.15, 0.2) is 0 Å². The minimum absolute atomic E-state index is 0. The second-order valence-corrected chi connectivity index (χ2v) is 14.2. The summed E-state index contributed by atoms with van der Waals surface area (Å²) in [5.41, 5.74) is 4.97. The number of nitrogens with zero attached hydrogens (tertiary/aromatic N) is 2. The van der Waals surface area contributed by atoms with Crippen LogP contribution in [0.15, 0.2) is 97.2 Å². The molecule has 0 atom stereocenters. The number of ether oxygens (including phenoxy) is 1. The zero-order chi connectivity index (χ0) is 31.1. The fourth-order valence-corrected chi connectivity index (χ4v) is 6.68. The molecule has 0 N–H and O–H groups in total. The molecule has 6 aromatic carbocycles. The monoisotopic (exact) mass is 777 g/mol. The second kappa shape index (κ2) is 10.9. The van der Waals surface area contributed by atoms with E-state index in [9.17, 15) is 0 Å². The molecule has 0 bridgehead atoms. The van der Waals surface area contributed by atoms with Crippen molar-refractivity contribution in [3.8, 4) is 11.5 Å². The second-order valence-electron chi connectivity index (χ2n) is 14.2. The first-order chi connectivity index (χ1) is 21.5. The molecule has 0 saturated heterocycles. The Morgan fingerprint density at radius 1 is 0.543 bits per heavy atom. The molecule has 0 radical (unpaired) electrons. The SMILES string of the molecule is CC(C)(C)c1cc(Oc2[c-]c3c(ccc4c5ccccc5cnc34)c(C(C)(C)C)c2)[c-]c2c1ccc1cc3ccccc3nc12.[Pt+2]. The Balaban J connectivity index is 0.00000338. The van der Waals surface area contributed by atoms with Crippen LogP contribution in [0.2, 0.25) is 0 Å². The van der Waals surface area contributed by atoms with Crippen molar-refractivity contribution < 1.29 is 25.8 Å². The summed E-state index contributed by atoms with van der Waals surface area (Å²) in [7, 11) is 0.